The fraction of sp³-hybridized carbons (Fsp3) is 0.0714. The molecule has 0 atom stereocenters. The molecule has 20 heavy (non-hydrogen) atoms. The molecule has 2 N–H and O–H groups in total. The number of para-hydroxylation sites is 1. The standard InChI is InChI=1S/C14H14N6/c1-15-12-7-9-16-14(18-12)19-13-8-10-17-20(13)11-5-3-2-4-6-11/h2-10H,1H3,(H2,15,16,18,19). The Bertz CT molecular complexity index is 692. The second-order valence-corrected chi connectivity index (χ2v) is 4.10. The fourth-order valence-corrected chi connectivity index (χ4v) is 1.85. The highest BCUT2D eigenvalue weighted by molar-refractivity contribution is 5.53. The first-order chi connectivity index (χ1) is 9.86. The molecule has 0 bridgehead atoms. The van der Waals surface area contributed by atoms with Crippen LogP contribution < -0.4 is 10.6 Å². The first-order valence-corrected chi connectivity index (χ1v) is 6.24. The number of rotatable bonds is 4. The molecule has 0 aliphatic carbocycles. The molecule has 3 rings (SSSR count). The average molecular weight is 266 g/mol. The molecule has 1 aromatic carbocycles. The van der Waals surface area contributed by atoms with Crippen LogP contribution in [0.15, 0.2) is 54.9 Å². The van der Waals surface area contributed by atoms with Crippen molar-refractivity contribution < 1.29 is 0 Å². The molecule has 0 saturated carbocycles. The van der Waals surface area contributed by atoms with E-state index in [1.54, 1.807) is 23.1 Å². The summed E-state index contributed by atoms with van der Waals surface area (Å²) in [6.45, 7) is 0. The van der Waals surface area contributed by atoms with Crippen molar-refractivity contribution in [3.8, 4) is 5.69 Å². The van der Waals surface area contributed by atoms with Crippen molar-refractivity contribution in [1.82, 2.24) is 19.7 Å². The third kappa shape index (κ3) is 2.44. The highest BCUT2D eigenvalue weighted by atomic mass is 15.3. The third-order valence-corrected chi connectivity index (χ3v) is 2.80. The topological polar surface area (TPSA) is 67.7 Å². The highest BCUT2D eigenvalue weighted by Crippen LogP contribution is 2.17. The van der Waals surface area contributed by atoms with E-state index in [0.29, 0.717) is 5.95 Å². The Morgan fingerprint density at radius 1 is 1.00 bits per heavy atom. The Balaban J connectivity index is 1.90. The van der Waals surface area contributed by atoms with Crippen LogP contribution in [0, 0.1) is 0 Å². The van der Waals surface area contributed by atoms with Gasteiger partial charge in [0.05, 0.1) is 11.9 Å². The lowest BCUT2D eigenvalue weighted by Gasteiger charge is -2.09. The van der Waals surface area contributed by atoms with Gasteiger partial charge in [0, 0.05) is 19.3 Å². The van der Waals surface area contributed by atoms with Crippen LogP contribution >= 0.6 is 0 Å². The molecular formula is C14H14N6. The van der Waals surface area contributed by atoms with Gasteiger partial charge in [-0.25, -0.2) is 9.67 Å². The molecule has 0 aliphatic rings. The minimum atomic E-state index is 0.523. The molecule has 0 amide bonds. The summed E-state index contributed by atoms with van der Waals surface area (Å²) in [7, 11) is 1.82. The van der Waals surface area contributed by atoms with Crippen LogP contribution in [-0.4, -0.2) is 26.8 Å². The van der Waals surface area contributed by atoms with Gasteiger partial charge in [0.15, 0.2) is 0 Å². The summed E-state index contributed by atoms with van der Waals surface area (Å²) in [5.41, 5.74) is 0.977. The maximum atomic E-state index is 4.33. The van der Waals surface area contributed by atoms with E-state index in [0.717, 1.165) is 17.3 Å². The molecule has 0 fully saturated rings. The van der Waals surface area contributed by atoms with Gasteiger partial charge < -0.3 is 10.6 Å². The summed E-state index contributed by atoms with van der Waals surface area (Å²) in [6, 6.07) is 13.6. The Morgan fingerprint density at radius 2 is 1.85 bits per heavy atom. The van der Waals surface area contributed by atoms with E-state index in [4.69, 9.17) is 0 Å². The molecule has 6 nitrogen and oxygen atoms in total. The maximum Gasteiger partial charge on any atom is 0.230 e. The SMILES string of the molecule is CNc1ccnc(Nc2ccnn2-c2ccccc2)n1. The second-order valence-electron chi connectivity index (χ2n) is 4.10. The molecular weight excluding hydrogens is 252 g/mol. The van der Waals surface area contributed by atoms with E-state index in [9.17, 15) is 0 Å². The van der Waals surface area contributed by atoms with Gasteiger partial charge in [-0.05, 0) is 18.2 Å². The Kier molecular flexibility index (Phi) is 3.28. The molecule has 0 unspecified atom stereocenters. The lowest BCUT2D eigenvalue weighted by atomic mass is 10.3. The second kappa shape index (κ2) is 5.40. The number of anilines is 3. The van der Waals surface area contributed by atoms with Gasteiger partial charge in [-0.2, -0.15) is 10.1 Å². The number of aromatic nitrogens is 4. The monoisotopic (exact) mass is 266 g/mol. The molecule has 0 saturated heterocycles. The van der Waals surface area contributed by atoms with E-state index in [1.165, 1.54) is 0 Å². The van der Waals surface area contributed by atoms with E-state index in [2.05, 4.69) is 25.7 Å². The molecule has 0 spiro atoms. The Labute approximate surface area is 116 Å². The minimum Gasteiger partial charge on any atom is -0.373 e. The van der Waals surface area contributed by atoms with E-state index < -0.39 is 0 Å². The number of hydrogen-bond donors (Lipinski definition) is 2. The van der Waals surface area contributed by atoms with Gasteiger partial charge in [-0.3, -0.25) is 0 Å². The first-order valence-electron chi connectivity index (χ1n) is 6.24. The van der Waals surface area contributed by atoms with Crippen molar-refractivity contribution in [3.63, 3.8) is 0 Å². The predicted molar refractivity (Wildman–Crippen MR) is 78.4 cm³/mol. The molecule has 100 valence electrons. The van der Waals surface area contributed by atoms with Crippen LogP contribution in [0.2, 0.25) is 0 Å². The van der Waals surface area contributed by atoms with Crippen LogP contribution in [0.4, 0.5) is 17.6 Å². The van der Waals surface area contributed by atoms with Gasteiger partial charge in [0.2, 0.25) is 5.95 Å². The van der Waals surface area contributed by atoms with Gasteiger partial charge in [0.1, 0.15) is 11.6 Å². The van der Waals surface area contributed by atoms with Crippen molar-refractivity contribution in [2.45, 2.75) is 0 Å². The van der Waals surface area contributed by atoms with Crippen molar-refractivity contribution in [2.24, 2.45) is 0 Å². The molecule has 2 aromatic heterocycles. The smallest absolute Gasteiger partial charge is 0.230 e. The number of nitrogens with zero attached hydrogens (tertiary/aromatic N) is 4. The minimum absolute atomic E-state index is 0.523. The van der Waals surface area contributed by atoms with Crippen LogP contribution in [-0.2, 0) is 0 Å². The van der Waals surface area contributed by atoms with Crippen molar-refractivity contribution in [2.75, 3.05) is 17.7 Å². The highest BCUT2D eigenvalue weighted by Gasteiger charge is 2.06. The predicted octanol–water partition coefficient (Wildman–Crippen LogP) is 2.45. The summed E-state index contributed by atoms with van der Waals surface area (Å²) < 4.78 is 1.80. The fourth-order valence-electron chi connectivity index (χ4n) is 1.85. The number of nitrogens with one attached hydrogen (secondary N) is 2. The van der Waals surface area contributed by atoms with E-state index in [1.807, 2.05) is 43.4 Å². The zero-order valence-electron chi connectivity index (χ0n) is 11.0. The molecule has 2 heterocycles. The maximum absolute atomic E-state index is 4.33. The van der Waals surface area contributed by atoms with E-state index >= 15 is 0 Å². The zero-order valence-corrected chi connectivity index (χ0v) is 11.0. The molecule has 6 heteroatoms. The lowest BCUT2D eigenvalue weighted by Crippen LogP contribution is -2.05. The van der Waals surface area contributed by atoms with Gasteiger partial charge in [-0.1, -0.05) is 18.2 Å². The summed E-state index contributed by atoms with van der Waals surface area (Å²) in [5.74, 6) is 2.09. The summed E-state index contributed by atoms with van der Waals surface area (Å²) in [6.07, 6.45) is 3.43. The average Bonchev–Trinajstić information content (AvgIpc) is 2.96. The first kappa shape index (κ1) is 12.2. The Morgan fingerprint density at radius 3 is 2.65 bits per heavy atom. The van der Waals surface area contributed by atoms with Crippen LogP contribution in [0.25, 0.3) is 5.69 Å². The number of benzene rings is 1. The van der Waals surface area contributed by atoms with Gasteiger partial charge >= 0.3 is 0 Å². The van der Waals surface area contributed by atoms with Crippen molar-refractivity contribution in [1.29, 1.82) is 0 Å². The van der Waals surface area contributed by atoms with Crippen LogP contribution in [0.3, 0.4) is 0 Å². The van der Waals surface area contributed by atoms with Gasteiger partial charge in [0.25, 0.3) is 0 Å². The molecule has 3 aromatic rings. The summed E-state index contributed by atoms with van der Waals surface area (Å²) in [4.78, 5) is 8.52. The van der Waals surface area contributed by atoms with Crippen LogP contribution in [0.1, 0.15) is 0 Å². The van der Waals surface area contributed by atoms with Crippen molar-refractivity contribution in [3.05, 3.63) is 54.9 Å². The van der Waals surface area contributed by atoms with Gasteiger partial charge in [-0.15, -0.1) is 0 Å². The summed E-state index contributed by atoms with van der Waals surface area (Å²) >= 11 is 0. The quantitative estimate of drug-likeness (QED) is 0.759. The van der Waals surface area contributed by atoms with Crippen LogP contribution in [0.5, 0.6) is 0 Å². The largest absolute Gasteiger partial charge is 0.373 e. The third-order valence-electron chi connectivity index (χ3n) is 2.80. The Hall–Kier alpha value is -2.89. The molecule has 0 radical (unpaired) electrons. The van der Waals surface area contributed by atoms with E-state index in [-0.39, 0.29) is 0 Å². The van der Waals surface area contributed by atoms with Crippen molar-refractivity contribution >= 4 is 17.6 Å². The lowest BCUT2D eigenvalue weighted by molar-refractivity contribution is 0.885. The zero-order chi connectivity index (χ0) is 13.8. The number of hydrogen-bond acceptors (Lipinski definition) is 5. The molecule has 0 aliphatic heterocycles. The normalized spacial score (nSPS) is 10.2. The summed E-state index contributed by atoms with van der Waals surface area (Å²) in [5, 5.41) is 10.5.